The van der Waals surface area contributed by atoms with E-state index in [1.807, 2.05) is 24.5 Å². The van der Waals surface area contributed by atoms with Crippen molar-refractivity contribution in [1.82, 2.24) is 9.55 Å². The van der Waals surface area contributed by atoms with Gasteiger partial charge in [0.15, 0.2) is 0 Å². The number of anilines is 2. The number of para-hydroxylation sites is 2. The Bertz CT molecular complexity index is 1600. The monoisotopic (exact) mass is 584 g/mol. The van der Waals surface area contributed by atoms with Crippen molar-refractivity contribution < 1.29 is 4.79 Å². The van der Waals surface area contributed by atoms with Crippen molar-refractivity contribution >= 4 is 17.3 Å². The topological polar surface area (TPSA) is 50.2 Å². The van der Waals surface area contributed by atoms with Crippen LogP contribution in [0.15, 0.2) is 116 Å². The van der Waals surface area contributed by atoms with Gasteiger partial charge in [-0.1, -0.05) is 125 Å². The first-order valence-electron chi connectivity index (χ1n) is 15.8. The summed E-state index contributed by atoms with van der Waals surface area (Å²) in [6.07, 6.45) is 3.29. The summed E-state index contributed by atoms with van der Waals surface area (Å²) in [5.74, 6) is 0.710. The Morgan fingerprint density at radius 3 is 1.89 bits per heavy atom. The number of aromatic nitrogens is 2. The Kier molecular flexibility index (Phi) is 10.3. The predicted molar refractivity (Wildman–Crippen MR) is 184 cm³/mol. The lowest BCUT2D eigenvalue weighted by atomic mass is 9.92. The van der Waals surface area contributed by atoms with Crippen LogP contribution >= 0.6 is 0 Å². The molecule has 1 heterocycles. The largest absolute Gasteiger partial charge is 0.371 e. The molecule has 0 spiro atoms. The number of hydrogen-bond donors (Lipinski definition) is 1. The Labute approximate surface area is 262 Å². The number of benzene rings is 4. The van der Waals surface area contributed by atoms with Gasteiger partial charge in [-0.05, 0) is 41.5 Å². The van der Waals surface area contributed by atoms with Crippen molar-refractivity contribution in [2.75, 3.05) is 23.3 Å². The van der Waals surface area contributed by atoms with Crippen molar-refractivity contribution in [3.63, 3.8) is 0 Å². The Morgan fingerprint density at radius 2 is 1.30 bits per heavy atom. The fourth-order valence-electron chi connectivity index (χ4n) is 5.83. The second kappa shape index (κ2) is 14.7. The van der Waals surface area contributed by atoms with E-state index in [4.69, 9.17) is 4.98 Å². The van der Waals surface area contributed by atoms with E-state index in [1.165, 1.54) is 11.1 Å². The molecule has 0 radical (unpaired) electrons. The SMILES string of the molecule is CC(C)c1cccc(C(C)C)c1NC(=O)CCN(CCCn1cnc(-c2ccccc2)c1-c1ccccc1)c1ccccc1. The van der Waals surface area contributed by atoms with Crippen LogP contribution in [0.1, 0.15) is 63.5 Å². The molecule has 0 fully saturated rings. The molecule has 0 atom stereocenters. The van der Waals surface area contributed by atoms with E-state index >= 15 is 0 Å². The molecular weight excluding hydrogens is 540 g/mol. The first-order chi connectivity index (χ1) is 21.4. The Morgan fingerprint density at radius 1 is 0.727 bits per heavy atom. The Balaban J connectivity index is 1.30. The van der Waals surface area contributed by atoms with Gasteiger partial charge in [0.05, 0.1) is 17.7 Å². The second-order valence-electron chi connectivity index (χ2n) is 12.0. The molecule has 226 valence electrons. The molecule has 0 bridgehead atoms. The molecule has 1 aromatic heterocycles. The molecule has 0 aliphatic rings. The highest BCUT2D eigenvalue weighted by Crippen LogP contribution is 2.33. The minimum Gasteiger partial charge on any atom is -0.371 e. The van der Waals surface area contributed by atoms with Gasteiger partial charge in [0.1, 0.15) is 0 Å². The lowest BCUT2D eigenvalue weighted by Crippen LogP contribution is -2.29. The van der Waals surface area contributed by atoms with E-state index in [9.17, 15) is 4.79 Å². The van der Waals surface area contributed by atoms with E-state index in [0.717, 1.165) is 53.4 Å². The number of hydrogen-bond acceptors (Lipinski definition) is 3. The number of nitrogens with zero attached hydrogens (tertiary/aromatic N) is 3. The highest BCUT2D eigenvalue weighted by atomic mass is 16.1. The summed E-state index contributed by atoms with van der Waals surface area (Å²) in [5, 5.41) is 3.30. The second-order valence-corrected chi connectivity index (χ2v) is 12.0. The number of imidazole rings is 1. The normalized spacial score (nSPS) is 11.2. The third kappa shape index (κ3) is 7.46. The van der Waals surface area contributed by atoms with Gasteiger partial charge in [0.25, 0.3) is 0 Å². The fraction of sp³-hybridized carbons (Fsp3) is 0.282. The minimum atomic E-state index is 0.0504. The average molecular weight is 585 g/mol. The van der Waals surface area contributed by atoms with Crippen LogP contribution < -0.4 is 10.2 Å². The maximum absolute atomic E-state index is 13.4. The number of aryl methyl sites for hydroxylation is 1. The van der Waals surface area contributed by atoms with E-state index in [-0.39, 0.29) is 5.91 Å². The van der Waals surface area contributed by atoms with Crippen LogP contribution in [0.25, 0.3) is 22.5 Å². The molecular formula is C39H44N4O. The Hall–Kier alpha value is -4.64. The van der Waals surface area contributed by atoms with Crippen LogP contribution in [0.5, 0.6) is 0 Å². The summed E-state index contributed by atoms with van der Waals surface area (Å²) in [7, 11) is 0. The molecule has 0 aliphatic carbocycles. The maximum Gasteiger partial charge on any atom is 0.226 e. The average Bonchev–Trinajstić information content (AvgIpc) is 3.47. The molecule has 1 N–H and O–H groups in total. The summed E-state index contributed by atoms with van der Waals surface area (Å²) in [4.78, 5) is 20.6. The third-order valence-corrected chi connectivity index (χ3v) is 8.13. The predicted octanol–water partition coefficient (Wildman–Crippen LogP) is 9.39. The van der Waals surface area contributed by atoms with Crippen molar-refractivity contribution in [1.29, 1.82) is 0 Å². The maximum atomic E-state index is 13.4. The van der Waals surface area contributed by atoms with Crippen LogP contribution in [0.2, 0.25) is 0 Å². The van der Waals surface area contributed by atoms with Gasteiger partial charge in [-0.25, -0.2) is 4.98 Å². The lowest BCUT2D eigenvalue weighted by molar-refractivity contribution is -0.116. The van der Waals surface area contributed by atoms with Gasteiger partial charge in [0, 0.05) is 48.6 Å². The van der Waals surface area contributed by atoms with Gasteiger partial charge in [-0.3, -0.25) is 4.79 Å². The third-order valence-electron chi connectivity index (χ3n) is 8.13. The molecule has 0 saturated heterocycles. The molecule has 0 saturated carbocycles. The van der Waals surface area contributed by atoms with Crippen LogP contribution in [0.3, 0.4) is 0 Å². The molecule has 5 heteroatoms. The molecule has 5 aromatic rings. The molecule has 5 nitrogen and oxygen atoms in total. The van der Waals surface area contributed by atoms with Crippen LogP contribution in [0.4, 0.5) is 11.4 Å². The first-order valence-corrected chi connectivity index (χ1v) is 15.8. The summed E-state index contributed by atoms with van der Waals surface area (Å²) in [6.45, 7) is 11.0. The number of rotatable bonds is 13. The number of amides is 1. The highest BCUT2D eigenvalue weighted by Gasteiger charge is 2.18. The molecule has 44 heavy (non-hydrogen) atoms. The summed E-state index contributed by atoms with van der Waals surface area (Å²) >= 11 is 0. The molecule has 0 aliphatic heterocycles. The van der Waals surface area contributed by atoms with Crippen LogP contribution in [-0.2, 0) is 11.3 Å². The van der Waals surface area contributed by atoms with E-state index < -0.39 is 0 Å². The lowest BCUT2D eigenvalue weighted by Gasteiger charge is -2.26. The summed E-state index contributed by atoms with van der Waals surface area (Å²) in [6, 6.07) is 37.7. The summed E-state index contributed by atoms with van der Waals surface area (Å²) < 4.78 is 2.27. The van der Waals surface area contributed by atoms with Gasteiger partial charge in [-0.15, -0.1) is 0 Å². The van der Waals surface area contributed by atoms with E-state index in [0.29, 0.717) is 24.8 Å². The fourth-order valence-corrected chi connectivity index (χ4v) is 5.83. The zero-order valence-corrected chi connectivity index (χ0v) is 26.4. The minimum absolute atomic E-state index is 0.0504. The van der Waals surface area contributed by atoms with Gasteiger partial charge < -0.3 is 14.8 Å². The van der Waals surface area contributed by atoms with Crippen molar-refractivity contribution in [3.8, 4) is 22.5 Å². The smallest absolute Gasteiger partial charge is 0.226 e. The number of nitrogens with one attached hydrogen (secondary N) is 1. The van der Waals surface area contributed by atoms with Gasteiger partial charge in [-0.2, -0.15) is 0 Å². The molecule has 5 rings (SSSR count). The standard InChI is InChI=1S/C39H44N4O/c1-29(2)34-22-14-23-35(30(3)4)38(34)41-36(44)24-27-42(33-20-12-7-13-21-33)25-15-26-43-28-40-37(31-16-8-5-9-17-31)39(43)32-18-10-6-11-19-32/h5-14,16-23,28-30H,15,24-27H2,1-4H3,(H,41,44). The van der Waals surface area contributed by atoms with Crippen molar-refractivity contribution in [3.05, 3.63) is 127 Å². The molecule has 4 aromatic carbocycles. The number of carbonyl (C=O) groups is 1. The summed E-state index contributed by atoms with van der Waals surface area (Å²) in [5.41, 5.74) is 8.89. The van der Waals surface area contributed by atoms with Gasteiger partial charge >= 0.3 is 0 Å². The zero-order chi connectivity index (χ0) is 30.9. The molecule has 0 unspecified atom stereocenters. The zero-order valence-electron chi connectivity index (χ0n) is 26.4. The van der Waals surface area contributed by atoms with Crippen LogP contribution in [0, 0.1) is 0 Å². The van der Waals surface area contributed by atoms with Crippen LogP contribution in [-0.4, -0.2) is 28.5 Å². The molecule has 1 amide bonds. The van der Waals surface area contributed by atoms with Crippen molar-refractivity contribution in [2.45, 2.75) is 58.9 Å². The quantitative estimate of drug-likeness (QED) is 0.150. The van der Waals surface area contributed by atoms with E-state index in [1.54, 1.807) is 0 Å². The van der Waals surface area contributed by atoms with Crippen molar-refractivity contribution in [2.24, 2.45) is 0 Å². The van der Waals surface area contributed by atoms with E-state index in [2.05, 4.69) is 133 Å². The first kappa shape index (κ1) is 30.8. The highest BCUT2D eigenvalue weighted by molar-refractivity contribution is 5.93. The van der Waals surface area contributed by atoms with Gasteiger partial charge in [0.2, 0.25) is 5.91 Å². The number of carbonyl (C=O) groups excluding carboxylic acids is 1.